The van der Waals surface area contributed by atoms with Gasteiger partial charge in [-0.2, -0.15) is 0 Å². The van der Waals surface area contributed by atoms with Gasteiger partial charge in [0.05, 0.1) is 6.10 Å². The molecule has 0 bridgehead atoms. The van der Waals surface area contributed by atoms with Crippen molar-refractivity contribution in [2.75, 3.05) is 0 Å². The highest BCUT2D eigenvalue weighted by Crippen LogP contribution is 2.55. The summed E-state index contributed by atoms with van der Waals surface area (Å²) in [5.41, 5.74) is 7.15. The molecule has 2 aromatic carbocycles. The van der Waals surface area contributed by atoms with Crippen molar-refractivity contribution in [3.63, 3.8) is 0 Å². The van der Waals surface area contributed by atoms with Crippen molar-refractivity contribution in [2.24, 2.45) is 5.41 Å². The quantitative estimate of drug-likeness (QED) is 0.730. The van der Waals surface area contributed by atoms with Crippen molar-refractivity contribution < 1.29 is 5.11 Å². The second-order valence-electron chi connectivity index (χ2n) is 6.91. The van der Waals surface area contributed by atoms with E-state index in [0.717, 1.165) is 19.3 Å². The van der Waals surface area contributed by atoms with Gasteiger partial charge >= 0.3 is 0 Å². The van der Waals surface area contributed by atoms with Crippen LogP contribution in [0.25, 0.3) is 11.1 Å². The fraction of sp³-hybridized carbons (Fsp3) is 0.400. The van der Waals surface area contributed by atoms with Crippen molar-refractivity contribution in [1.82, 2.24) is 0 Å². The maximum atomic E-state index is 10.1. The number of aliphatic hydroxyl groups excluding tert-OH is 1. The third-order valence-electron chi connectivity index (χ3n) is 6.00. The molecule has 0 spiro atoms. The van der Waals surface area contributed by atoms with E-state index in [1.165, 1.54) is 27.8 Å². The Morgan fingerprint density at radius 1 is 1.10 bits per heavy atom. The van der Waals surface area contributed by atoms with Crippen LogP contribution in [0.15, 0.2) is 42.5 Å². The zero-order chi connectivity index (χ0) is 14.6. The Kier molecular flexibility index (Phi) is 2.77. The second-order valence-corrected chi connectivity index (χ2v) is 6.91. The summed E-state index contributed by atoms with van der Waals surface area (Å²) in [6, 6.07) is 15.7. The minimum absolute atomic E-state index is 0.0553. The zero-order valence-electron chi connectivity index (χ0n) is 12.8. The van der Waals surface area contributed by atoms with Gasteiger partial charge in [0.25, 0.3) is 0 Å². The van der Waals surface area contributed by atoms with Crippen molar-refractivity contribution in [3.8, 4) is 11.1 Å². The minimum Gasteiger partial charge on any atom is -0.393 e. The third-order valence-corrected chi connectivity index (χ3v) is 6.00. The molecule has 0 radical (unpaired) electrons. The van der Waals surface area contributed by atoms with E-state index in [-0.39, 0.29) is 11.5 Å². The topological polar surface area (TPSA) is 20.2 Å². The monoisotopic (exact) mass is 278 g/mol. The predicted octanol–water partition coefficient (Wildman–Crippen LogP) is 4.52. The molecule has 2 aromatic rings. The van der Waals surface area contributed by atoms with Gasteiger partial charge < -0.3 is 5.11 Å². The van der Waals surface area contributed by atoms with Crippen LogP contribution in [0.2, 0.25) is 0 Å². The summed E-state index contributed by atoms with van der Waals surface area (Å²) in [5, 5.41) is 10.1. The van der Waals surface area contributed by atoms with E-state index < -0.39 is 0 Å². The van der Waals surface area contributed by atoms with E-state index in [1.54, 1.807) is 0 Å². The van der Waals surface area contributed by atoms with Crippen LogP contribution in [0.3, 0.4) is 0 Å². The van der Waals surface area contributed by atoms with E-state index in [1.807, 2.05) is 0 Å². The molecular formula is C20H22O. The van der Waals surface area contributed by atoms with Gasteiger partial charge in [-0.15, -0.1) is 0 Å². The fourth-order valence-electron chi connectivity index (χ4n) is 4.21. The number of hydrogen-bond acceptors (Lipinski definition) is 1. The molecule has 0 amide bonds. The van der Waals surface area contributed by atoms with Gasteiger partial charge in [-0.1, -0.05) is 56.3 Å². The van der Waals surface area contributed by atoms with Crippen molar-refractivity contribution >= 4 is 0 Å². The molecule has 0 saturated heterocycles. The molecule has 3 atom stereocenters. The lowest BCUT2D eigenvalue weighted by molar-refractivity contribution is -0.0777. The van der Waals surface area contributed by atoms with Gasteiger partial charge in [-0.25, -0.2) is 0 Å². The van der Waals surface area contributed by atoms with Crippen LogP contribution in [0.5, 0.6) is 0 Å². The summed E-state index contributed by atoms with van der Waals surface area (Å²) in [6.07, 6.45) is 2.86. The zero-order valence-corrected chi connectivity index (χ0v) is 12.8. The summed E-state index contributed by atoms with van der Waals surface area (Å²) >= 11 is 0. The Labute approximate surface area is 126 Å². The Balaban J connectivity index is 1.71. The maximum absolute atomic E-state index is 10.1. The Hall–Kier alpha value is -1.60. The highest BCUT2D eigenvalue weighted by atomic mass is 16.3. The standard InChI is InChI=1S/C20H22O/c1-3-20(2)18(12-19(20)21)14-8-9-17-15(11-14)10-13-6-4-5-7-16(13)17/h4-9,11,18-19,21H,3,10,12H2,1-2H3. The van der Waals surface area contributed by atoms with E-state index in [0.29, 0.717) is 5.92 Å². The average molecular weight is 278 g/mol. The molecule has 2 aliphatic carbocycles. The van der Waals surface area contributed by atoms with E-state index in [4.69, 9.17) is 0 Å². The van der Waals surface area contributed by atoms with Gasteiger partial charge in [-0.05, 0) is 53.0 Å². The maximum Gasteiger partial charge on any atom is 0.0605 e. The molecular weight excluding hydrogens is 256 g/mol. The van der Waals surface area contributed by atoms with Gasteiger partial charge in [0.1, 0.15) is 0 Å². The first kappa shape index (κ1) is 13.1. The normalized spacial score (nSPS) is 29.7. The summed E-state index contributed by atoms with van der Waals surface area (Å²) in [6.45, 7) is 4.42. The average Bonchev–Trinajstić information content (AvgIpc) is 2.89. The molecule has 1 saturated carbocycles. The summed E-state index contributed by atoms with van der Waals surface area (Å²) in [7, 11) is 0. The minimum atomic E-state index is -0.141. The Morgan fingerprint density at radius 3 is 2.62 bits per heavy atom. The van der Waals surface area contributed by atoms with E-state index in [9.17, 15) is 5.11 Å². The van der Waals surface area contributed by atoms with Gasteiger partial charge in [0.2, 0.25) is 0 Å². The lowest BCUT2D eigenvalue weighted by atomic mass is 9.55. The molecule has 1 nitrogen and oxygen atoms in total. The van der Waals surface area contributed by atoms with Gasteiger partial charge in [0.15, 0.2) is 0 Å². The molecule has 1 N–H and O–H groups in total. The summed E-state index contributed by atoms with van der Waals surface area (Å²) in [4.78, 5) is 0. The van der Waals surface area contributed by atoms with Gasteiger partial charge in [0, 0.05) is 5.41 Å². The first-order valence-electron chi connectivity index (χ1n) is 8.02. The Bertz CT molecular complexity index is 703. The molecule has 0 aliphatic heterocycles. The number of fused-ring (bicyclic) bond motifs is 3. The smallest absolute Gasteiger partial charge is 0.0605 e. The van der Waals surface area contributed by atoms with Crippen LogP contribution in [-0.4, -0.2) is 11.2 Å². The molecule has 0 heterocycles. The third kappa shape index (κ3) is 1.74. The van der Waals surface area contributed by atoms with Crippen LogP contribution >= 0.6 is 0 Å². The molecule has 2 aliphatic rings. The molecule has 21 heavy (non-hydrogen) atoms. The fourth-order valence-corrected chi connectivity index (χ4v) is 4.21. The molecule has 1 fully saturated rings. The number of rotatable bonds is 2. The molecule has 3 unspecified atom stereocenters. The molecule has 4 rings (SSSR count). The van der Waals surface area contributed by atoms with E-state index in [2.05, 4.69) is 56.3 Å². The van der Waals surface area contributed by atoms with Crippen molar-refractivity contribution in [2.45, 2.75) is 45.1 Å². The lowest BCUT2D eigenvalue weighted by Crippen LogP contribution is -2.49. The SMILES string of the molecule is CCC1(C)C(O)CC1c1ccc2c(c1)Cc1ccccc1-2. The number of benzene rings is 2. The Morgan fingerprint density at radius 2 is 1.86 bits per heavy atom. The molecule has 108 valence electrons. The summed E-state index contributed by atoms with van der Waals surface area (Å²) < 4.78 is 0. The van der Waals surface area contributed by atoms with Crippen LogP contribution < -0.4 is 0 Å². The first-order chi connectivity index (χ1) is 10.1. The largest absolute Gasteiger partial charge is 0.393 e. The van der Waals surface area contributed by atoms with Crippen LogP contribution in [-0.2, 0) is 6.42 Å². The van der Waals surface area contributed by atoms with Crippen LogP contribution in [0, 0.1) is 5.41 Å². The highest BCUT2D eigenvalue weighted by molar-refractivity contribution is 5.77. The van der Waals surface area contributed by atoms with Crippen molar-refractivity contribution in [3.05, 3.63) is 59.2 Å². The van der Waals surface area contributed by atoms with Crippen LogP contribution in [0.4, 0.5) is 0 Å². The number of aliphatic hydroxyl groups is 1. The number of hydrogen-bond donors (Lipinski definition) is 1. The van der Waals surface area contributed by atoms with Gasteiger partial charge in [-0.3, -0.25) is 0 Å². The van der Waals surface area contributed by atoms with Crippen LogP contribution in [0.1, 0.15) is 49.3 Å². The lowest BCUT2D eigenvalue weighted by Gasteiger charge is -2.52. The molecule has 0 aromatic heterocycles. The predicted molar refractivity (Wildman–Crippen MR) is 86.4 cm³/mol. The second kappa shape index (κ2) is 4.45. The van der Waals surface area contributed by atoms with E-state index >= 15 is 0 Å². The summed E-state index contributed by atoms with van der Waals surface area (Å²) in [5.74, 6) is 0.506. The highest BCUT2D eigenvalue weighted by Gasteiger charge is 2.50. The van der Waals surface area contributed by atoms with Crippen molar-refractivity contribution in [1.29, 1.82) is 0 Å². The molecule has 1 heteroatoms. The first-order valence-corrected chi connectivity index (χ1v) is 8.02.